The highest BCUT2D eigenvalue weighted by atomic mass is 15.3. The standard InChI is InChI=1S/C16H32N6/c1-7-17-16(19-12-15-8-9-20-21(15)6)18-10-11-22(13(2)3)14(4)5/h8-9,13-14H,7,10-12H2,1-6H3,(H2,17,18,19). The van der Waals surface area contributed by atoms with Crippen LogP contribution in [0.2, 0.25) is 0 Å². The van der Waals surface area contributed by atoms with Gasteiger partial charge in [0.15, 0.2) is 5.96 Å². The minimum Gasteiger partial charge on any atom is -0.357 e. The second-order valence-electron chi connectivity index (χ2n) is 5.99. The lowest BCUT2D eigenvalue weighted by molar-refractivity contribution is 0.178. The normalized spacial score (nSPS) is 12.5. The lowest BCUT2D eigenvalue weighted by Crippen LogP contribution is -2.45. The van der Waals surface area contributed by atoms with Crippen molar-refractivity contribution < 1.29 is 0 Å². The van der Waals surface area contributed by atoms with Gasteiger partial charge in [0.05, 0.1) is 12.2 Å². The average molecular weight is 308 g/mol. The summed E-state index contributed by atoms with van der Waals surface area (Å²) in [5.74, 6) is 0.858. The summed E-state index contributed by atoms with van der Waals surface area (Å²) in [4.78, 5) is 7.09. The van der Waals surface area contributed by atoms with Crippen LogP contribution in [0.4, 0.5) is 0 Å². The van der Waals surface area contributed by atoms with Gasteiger partial charge in [-0.2, -0.15) is 5.10 Å². The van der Waals surface area contributed by atoms with Gasteiger partial charge in [0.25, 0.3) is 0 Å². The van der Waals surface area contributed by atoms with Crippen molar-refractivity contribution in [3.8, 4) is 0 Å². The summed E-state index contributed by atoms with van der Waals surface area (Å²) in [6.07, 6.45) is 1.80. The van der Waals surface area contributed by atoms with Crippen LogP contribution in [-0.4, -0.2) is 52.4 Å². The van der Waals surface area contributed by atoms with Gasteiger partial charge < -0.3 is 10.6 Å². The van der Waals surface area contributed by atoms with Crippen molar-refractivity contribution >= 4 is 5.96 Å². The molecule has 0 aliphatic heterocycles. The average Bonchev–Trinajstić information content (AvgIpc) is 2.85. The zero-order valence-corrected chi connectivity index (χ0v) is 14.9. The number of guanidine groups is 1. The fraction of sp³-hybridized carbons (Fsp3) is 0.750. The predicted molar refractivity (Wildman–Crippen MR) is 93.0 cm³/mol. The largest absolute Gasteiger partial charge is 0.357 e. The van der Waals surface area contributed by atoms with Crippen LogP contribution in [0.1, 0.15) is 40.3 Å². The third-order valence-corrected chi connectivity index (χ3v) is 3.65. The zero-order valence-electron chi connectivity index (χ0n) is 14.9. The Labute approximate surface area is 135 Å². The molecule has 1 rings (SSSR count). The number of hydrogen-bond acceptors (Lipinski definition) is 3. The van der Waals surface area contributed by atoms with Gasteiger partial charge in [0.2, 0.25) is 0 Å². The van der Waals surface area contributed by atoms with Gasteiger partial charge in [-0.3, -0.25) is 9.58 Å². The first kappa shape index (κ1) is 18.5. The summed E-state index contributed by atoms with van der Waals surface area (Å²) < 4.78 is 1.85. The first-order valence-corrected chi connectivity index (χ1v) is 8.20. The molecular weight excluding hydrogens is 276 g/mol. The second-order valence-corrected chi connectivity index (χ2v) is 5.99. The molecule has 0 unspecified atom stereocenters. The van der Waals surface area contributed by atoms with Crippen molar-refractivity contribution in [2.45, 2.75) is 53.2 Å². The Hall–Kier alpha value is -1.56. The molecule has 2 N–H and O–H groups in total. The highest BCUT2D eigenvalue weighted by Gasteiger charge is 2.12. The number of aliphatic imine (C=N–C) groups is 1. The molecule has 6 heteroatoms. The second kappa shape index (κ2) is 9.46. The Bertz CT molecular complexity index is 441. The monoisotopic (exact) mass is 308 g/mol. The third kappa shape index (κ3) is 6.05. The Balaban J connectivity index is 2.51. The van der Waals surface area contributed by atoms with E-state index in [9.17, 15) is 0 Å². The predicted octanol–water partition coefficient (Wildman–Crippen LogP) is 1.59. The maximum absolute atomic E-state index is 4.62. The summed E-state index contributed by atoms with van der Waals surface area (Å²) in [7, 11) is 1.94. The van der Waals surface area contributed by atoms with Crippen LogP contribution in [0.5, 0.6) is 0 Å². The molecule has 1 heterocycles. The first-order valence-electron chi connectivity index (χ1n) is 8.20. The van der Waals surface area contributed by atoms with Crippen LogP contribution in [0.15, 0.2) is 17.3 Å². The van der Waals surface area contributed by atoms with E-state index < -0.39 is 0 Å². The smallest absolute Gasteiger partial charge is 0.191 e. The molecule has 0 bridgehead atoms. The molecule has 0 fully saturated rings. The van der Waals surface area contributed by atoms with Crippen molar-refractivity contribution in [2.24, 2.45) is 12.0 Å². The van der Waals surface area contributed by atoms with Gasteiger partial charge in [0, 0.05) is 45.0 Å². The topological polar surface area (TPSA) is 57.5 Å². The summed E-state index contributed by atoms with van der Waals surface area (Å²) in [6.45, 7) is 14.4. The van der Waals surface area contributed by atoms with E-state index in [0.29, 0.717) is 18.6 Å². The van der Waals surface area contributed by atoms with Crippen molar-refractivity contribution in [1.82, 2.24) is 25.3 Å². The summed E-state index contributed by atoms with van der Waals surface area (Å²) in [5, 5.41) is 10.9. The quantitative estimate of drug-likeness (QED) is 0.566. The molecule has 0 saturated heterocycles. The van der Waals surface area contributed by atoms with Crippen molar-refractivity contribution in [1.29, 1.82) is 0 Å². The Morgan fingerprint density at radius 3 is 2.45 bits per heavy atom. The number of hydrogen-bond donors (Lipinski definition) is 2. The van der Waals surface area contributed by atoms with Gasteiger partial charge in [0.1, 0.15) is 0 Å². The highest BCUT2D eigenvalue weighted by molar-refractivity contribution is 5.79. The Morgan fingerprint density at radius 2 is 1.95 bits per heavy atom. The Kier molecular flexibility index (Phi) is 7.95. The van der Waals surface area contributed by atoms with Crippen LogP contribution in [0.3, 0.4) is 0 Å². The lowest BCUT2D eigenvalue weighted by atomic mass is 10.2. The van der Waals surface area contributed by atoms with Gasteiger partial charge in [-0.25, -0.2) is 4.99 Å². The molecular formula is C16H32N6. The molecule has 0 aromatic carbocycles. The number of rotatable bonds is 8. The first-order chi connectivity index (χ1) is 10.5. The van der Waals surface area contributed by atoms with E-state index in [0.717, 1.165) is 31.3 Å². The van der Waals surface area contributed by atoms with E-state index in [1.165, 1.54) is 0 Å². The van der Waals surface area contributed by atoms with Crippen molar-refractivity contribution in [2.75, 3.05) is 19.6 Å². The minimum atomic E-state index is 0.552. The van der Waals surface area contributed by atoms with Crippen molar-refractivity contribution in [3.63, 3.8) is 0 Å². The highest BCUT2D eigenvalue weighted by Crippen LogP contribution is 2.03. The zero-order chi connectivity index (χ0) is 16.5. The lowest BCUT2D eigenvalue weighted by Gasteiger charge is -2.30. The molecule has 0 radical (unpaired) electrons. The molecule has 22 heavy (non-hydrogen) atoms. The molecule has 0 amide bonds. The molecule has 0 atom stereocenters. The Morgan fingerprint density at radius 1 is 1.27 bits per heavy atom. The van der Waals surface area contributed by atoms with Crippen molar-refractivity contribution in [3.05, 3.63) is 18.0 Å². The fourth-order valence-electron chi connectivity index (χ4n) is 2.47. The molecule has 6 nitrogen and oxygen atoms in total. The molecule has 0 saturated carbocycles. The molecule has 0 aliphatic carbocycles. The van der Waals surface area contributed by atoms with Crippen LogP contribution in [0, 0.1) is 0 Å². The minimum absolute atomic E-state index is 0.552. The van der Waals surface area contributed by atoms with E-state index in [4.69, 9.17) is 0 Å². The van der Waals surface area contributed by atoms with E-state index in [-0.39, 0.29) is 0 Å². The van der Waals surface area contributed by atoms with E-state index >= 15 is 0 Å². The molecule has 1 aromatic heterocycles. The number of nitrogens with zero attached hydrogens (tertiary/aromatic N) is 4. The van der Waals surface area contributed by atoms with E-state index in [2.05, 4.69) is 60.2 Å². The van der Waals surface area contributed by atoms with Crippen LogP contribution in [-0.2, 0) is 13.6 Å². The van der Waals surface area contributed by atoms with Gasteiger partial charge in [-0.15, -0.1) is 0 Å². The molecule has 1 aromatic rings. The summed E-state index contributed by atoms with van der Waals surface area (Å²) >= 11 is 0. The van der Waals surface area contributed by atoms with Crippen LogP contribution >= 0.6 is 0 Å². The third-order valence-electron chi connectivity index (χ3n) is 3.65. The number of aromatic nitrogens is 2. The number of nitrogens with one attached hydrogen (secondary N) is 2. The van der Waals surface area contributed by atoms with Gasteiger partial charge in [-0.05, 0) is 40.7 Å². The maximum Gasteiger partial charge on any atom is 0.191 e. The van der Waals surface area contributed by atoms with E-state index in [1.54, 1.807) is 6.20 Å². The molecule has 0 aliphatic rings. The molecule has 126 valence electrons. The van der Waals surface area contributed by atoms with E-state index in [1.807, 2.05) is 17.8 Å². The van der Waals surface area contributed by atoms with Crippen LogP contribution < -0.4 is 10.6 Å². The van der Waals surface area contributed by atoms with Gasteiger partial charge >= 0.3 is 0 Å². The van der Waals surface area contributed by atoms with Crippen LogP contribution in [0.25, 0.3) is 0 Å². The SMILES string of the molecule is CCNC(=NCc1ccnn1C)NCCN(C(C)C)C(C)C. The fourth-order valence-corrected chi connectivity index (χ4v) is 2.47. The van der Waals surface area contributed by atoms with Gasteiger partial charge in [-0.1, -0.05) is 0 Å². The maximum atomic E-state index is 4.62. The number of aryl methyl sites for hydroxylation is 1. The molecule has 0 spiro atoms. The summed E-state index contributed by atoms with van der Waals surface area (Å²) in [6, 6.07) is 3.10. The summed E-state index contributed by atoms with van der Waals surface area (Å²) in [5.41, 5.74) is 1.10.